The van der Waals surface area contributed by atoms with Crippen LogP contribution in [0.2, 0.25) is 10.0 Å². The van der Waals surface area contributed by atoms with Gasteiger partial charge in [-0.15, -0.1) is 0 Å². The molecule has 1 saturated heterocycles. The van der Waals surface area contributed by atoms with Gasteiger partial charge in [0.25, 0.3) is 0 Å². The Morgan fingerprint density at radius 3 is 1.81 bits per heavy atom. The van der Waals surface area contributed by atoms with E-state index in [1.807, 2.05) is 59.7 Å². The first-order valence-corrected chi connectivity index (χ1v) is 7.96. The Bertz CT molecular complexity index is 477. The lowest BCUT2D eigenvalue weighted by atomic mass is 9.89. The molecule has 5 heteroatoms. The number of hydrogen-bond acceptors (Lipinski definition) is 2. The summed E-state index contributed by atoms with van der Waals surface area (Å²) in [5, 5.41) is 1.22. The van der Waals surface area contributed by atoms with Crippen LogP contribution in [0.15, 0.2) is 24.2 Å². The molecule has 0 radical (unpaired) electrons. The van der Waals surface area contributed by atoms with Gasteiger partial charge in [-0.3, -0.25) is 0 Å². The van der Waals surface area contributed by atoms with E-state index in [2.05, 4.69) is 0 Å². The minimum atomic E-state index is -0.391. The largest absolute Gasteiger partial charge is 0.487 e. The molecule has 21 heavy (non-hydrogen) atoms. The highest BCUT2D eigenvalue weighted by molar-refractivity contribution is 6.53. The molecule has 0 saturated carbocycles. The van der Waals surface area contributed by atoms with E-state index in [4.69, 9.17) is 32.5 Å². The molecule has 1 aromatic rings. The predicted octanol–water partition coefficient (Wildman–Crippen LogP) is 5.66. The van der Waals surface area contributed by atoms with Crippen molar-refractivity contribution in [2.45, 2.75) is 52.7 Å². The summed E-state index contributed by atoms with van der Waals surface area (Å²) < 4.78 is 11.7. The van der Waals surface area contributed by atoms with E-state index in [0.29, 0.717) is 10.0 Å². The number of rotatable bonds is 2. The molecule has 0 bridgehead atoms. The molecular formula is C16H23BCl2O2. The SMILES string of the molecule is CC.CC1(C)OB(/C=C/c2c(Cl)cccc2Cl)OC1(C)C. The second-order valence-electron chi connectivity index (χ2n) is 5.62. The smallest absolute Gasteiger partial charge is 0.400 e. The highest BCUT2D eigenvalue weighted by Crippen LogP contribution is 2.37. The second-order valence-corrected chi connectivity index (χ2v) is 6.43. The first kappa shape index (κ1) is 18.6. The molecule has 2 rings (SSSR count). The molecule has 0 spiro atoms. The molecule has 116 valence electrons. The fourth-order valence-electron chi connectivity index (χ4n) is 1.81. The van der Waals surface area contributed by atoms with Crippen molar-refractivity contribution in [3.05, 3.63) is 39.8 Å². The fraction of sp³-hybridized carbons (Fsp3) is 0.500. The lowest BCUT2D eigenvalue weighted by molar-refractivity contribution is 0.00578. The van der Waals surface area contributed by atoms with Crippen LogP contribution < -0.4 is 0 Å². The molecule has 1 fully saturated rings. The second kappa shape index (κ2) is 7.19. The Balaban J connectivity index is 0.00000106. The van der Waals surface area contributed by atoms with Gasteiger partial charge in [0.1, 0.15) is 0 Å². The Hall–Kier alpha value is -0.475. The normalized spacial score (nSPS) is 19.5. The van der Waals surface area contributed by atoms with E-state index in [9.17, 15) is 0 Å². The third-order valence-corrected chi connectivity index (χ3v) is 4.35. The van der Waals surface area contributed by atoms with Gasteiger partial charge in [-0.1, -0.05) is 55.2 Å². The van der Waals surface area contributed by atoms with Crippen molar-refractivity contribution in [3.63, 3.8) is 0 Å². The maximum absolute atomic E-state index is 6.11. The molecule has 0 amide bonds. The average molecular weight is 329 g/mol. The van der Waals surface area contributed by atoms with E-state index < -0.39 is 7.12 Å². The monoisotopic (exact) mass is 328 g/mol. The molecule has 0 atom stereocenters. The summed E-state index contributed by atoms with van der Waals surface area (Å²) >= 11 is 12.2. The zero-order valence-corrected chi connectivity index (χ0v) is 15.0. The van der Waals surface area contributed by atoms with E-state index in [1.54, 1.807) is 12.1 Å². The summed E-state index contributed by atoms with van der Waals surface area (Å²) in [6.07, 6.45) is 1.84. The Labute approximate surface area is 138 Å². The van der Waals surface area contributed by atoms with Crippen LogP contribution in [0.4, 0.5) is 0 Å². The van der Waals surface area contributed by atoms with Crippen molar-refractivity contribution in [1.82, 2.24) is 0 Å². The van der Waals surface area contributed by atoms with Gasteiger partial charge in [-0.2, -0.15) is 0 Å². The zero-order chi connectivity index (χ0) is 16.3. The summed E-state index contributed by atoms with van der Waals surface area (Å²) in [4.78, 5) is 0. The van der Waals surface area contributed by atoms with Gasteiger partial charge in [0.2, 0.25) is 0 Å². The average Bonchev–Trinajstić information content (AvgIpc) is 2.59. The van der Waals surface area contributed by atoms with Crippen LogP contribution in [-0.2, 0) is 9.31 Å². The first-order chi connectivity index (χ1) is 9.73. The number of halogens is 2. The quantitative estimate of drug-likeness (QED) is 0.652. The molecule has 0 unspecified atom stereocenters. The minimum absolute atomic E-state index is 0.341. The van der Waals surface area contributed by atoms with Crippen LogP contribution in [0.25, 0.3) is 6.08 Å². The van der Waals surface area contributed by atoms with Crippen LogP contribution in [-0.4, -0.2) is 18.3 Å². The summed E-state index contributed by atoms with van der Waals surface area (Å²) in [7, 11) is -0.391. The van der Waals surface area contributed by atoms with Crippen LogP contribution in [0.3, 0.4) is 0 Å². The van der Waals surface area contributed by atoms with E-state index in [1.165, 1.54) is 0 Å². The van der Waals surface area contributed by atoms with Gasteiger partial charge in [-0.25, -0.2) is 0 Å². The standard InChI is InChI=1S/C14H17BCl2O2.C2H6/c1-13(2)14(3,4)19-15(18-13)9-8-10-11(16)6-5-7-12(10)17;1-2/h5-9H,1-4H3;1-2H3/b9-8+;. The summed E-state index contributed by atoms with van der Waals surface area (Å²) in [5.41, 5.74) is 0.0963. The molecule has 0 N–H and O–H groups in total. The van der Waals surface area contributed by atoms with Gasteiger partial charge in [-0.05, 0) is 39.8 Å². The summed E-state index contributed by atoms with van der Waals surface area (Å²) in [6.45, 7) is 12.1. The van der Waals surface area contributed by atoms with Crippen molar-refractivity contribution >= 4 is 36.4 Å². The molecule has 1 heterocycles. The molecular weight excluding hydrogens is 306 g/mol. The minimum Gasteiger partial charge on any atom is -0.400 e. The maximum Gasteiger partial charge on any atom is 0.487 e. The highest BCUT2D eigenvalue weighted by Gasteiger charge is 2.50. The van der Waals surface area contributed by atoms with Crippen molar-refractivity contribution in [2.24, 2.45) is 0 Å². The lowest BCUT2D eigenvalue weighted by Crippen LogP contribution is -2.41. The van der Waals surface area contributed by atoms with Crippen LogP contribution in [0.1, 0.15) is 47.1 Å². The van der Waals surface area contributed by atoms with E-state index >= 15 is 0 Å². The summed E-state index contributed by atoms with van der Waals surface area (Å²) in [6, 6.07) is 5.42. The van der Waals surface area contributed by atoms with E-state index in [0.717, 1.165) is 5.56 Å². The Kier molecular flexibility index (Phi) is 6.36. The molecule has 1 aromatic carbocycles. The lowest BCUT2D eigenvalue weighted by Gasteiger charge is -2.32. The molecule has 1 aliphatic heterocycles. The van der Waals surface area contributed by atoms with Gasteiger partial charge in [0.15, 0.2) is 0 Å². The number of hydrogen-bond donors (Lipinski definition) is 0. The molecule has 1 aliphatic rings. The fourth-order valence-corrected chi connectivity index (χ4v) is 2.34. The van der Waals surface area contributed by atoms with Crippen LogP contribution in [0, 0.1) is 0 Å². The Morgan fingerprint density at radius 2 is 1.38 bits per heavy atom. The van der Waals surface area contributed by atoms with E-state index in [-0.39, 0.29) is 11.2 Å². The maximum atomic E-state index is 6.11. The third kappa shape index (κ3) is 4.26. The van der Waals surface area contributed by atoms with Crippen molar-refractivity contribution in [1.29, 1.82) is 0 Å². The van der Waals surface area contributed by atoms with Crippen molar-refractivity contribution < 1.29 is 9.31 Å². The van der Waals surface area contributed by atoms with Gasteiger partial charge in [0.05, 0.1) is 11.2 Å². The van der Waals surface area contributed by atoms with Crippen LogP contribution >= 0.6 is 23.2 Å². The molecule has 0 aromatic heterocycles. The number of benzene rings is 1. The topological polar surface area (TPSA) is 18.5 Å². The van der Waals surface area contributed by atoms with Gasteiger partial charge < -0.3 is 9.31 Å². The predicted molar refractivity (Wildman–Crippen MR) is 92.9 cm³/mol. The van der Waals surface area contributed by atoms with Gasteiger partial charge >= 0.3 is 7.12 Å². The van der Waals surface area contributed by atoms with Crippen LogP contribution in [0.5, 0.6) is 0 Å². The molecule has 0 aliphatic carbocycles. The highest BCUT2D eigenvalue weighted by atomic mass is 35.5. The zero-order valence-electron chi connectivity index (χ0n) is 13.5. The van der Waals surface area contributed by atoms with Gasteiger partial charge in [0, 0.05) is 15.6 Å². The molecule has 2 nitrogen and oxygen atoms in total. The first-order valence-electron chi connectivity index (χ1n) is 7.21. The van der Waals surface area contributed by atoms with Crippen molar-refractivity contribution in [3.8, 4) is 0 Å². The van der Waals surface area contributed by atoms with Crippen molar-refractivity contribution in [2.75, 3.05) is 0 Å². The third-order valence-electron chi connectivity index (χ3n) is 3.69. The summed E-state index contributed by atoms with van der Waals surface area (Å²) in [5.74, 6) is 1.84. The Morgan fingerprint density at radius 1 is 0.952 bits per heavy atom.